The van der Waals surface area contributed by atoms with E-state index in [0.717, 1.165) is 6.42 Å². The fraction of sp³-hybridized carbons (Fsp3) is 0.429. The normalized spacial score (nSPS) is 11.4. The minimum absolute atomic E-state index is 0.0896. The zero-order valence-electron chi connectivity index (χ0n) is 9.72. The van der Waals surface area contributed by atoms with Crippen LogP contribution in [0.15, 0.2) is 36.4 Å². The molecule has 0 heteroatoms. The van der Waals surface area contributed by atoms with Gasteiger partial charge < -0.3 is 0 Å². The molecular formula is C14H20. The summed E-state index contributed by atoms with van der Waals surface area (Å²) in [6.07, 6.45) is 1.10. The van der Waals surface area contributed by atoms with E-state index < -0.39 is 0 Å². The number of aryl methyl sites for hydroxylation is 1. The molecule has 0 heterocycles. The van der Waals surface area contributed by atoms with E-state index in [4.69, 9.17) is 0 Å². The molecule has 0 aliphatic rings. The van der Waals surface area contributed by atoms with Gasteiger partial charge in [-0.2, -0.15) is 0 Å². The minimum atomic E-state index is 0.0896. The second-order valence-electron chi connectivity index (χ2n) is 4.46. The average Bonchev–Trinajstić information content (AvgIpc) is 2.17. The Bertz CT molecular complexity index is 314. The SMILES string of the molecule is C=C(C)C(C)(C)c1ccc(CC)cc1. The second kappa shape index (κ2) is 4.00. The van der Waals surface area contributed by atoms with Gasteiger partial charge in [0.25, 0.3) is 0 Å². The van der Waals surface area contributed by atoms with Crippen molar-refractivity contribution in [3.8, 4) is 0 Å². The van der Waals surface area contributed by atoms with Crippen LogP contribution in [-0.2, 0) is 11.8 Å². The Hall–Kier alpha value is -1.04. The molecule has 76 valence electrons. The lowest BCUT2D eigenvalue weighted by Crippen LogP contribution is -2.17. The molecule has 0 aromatic heterocycles. The van der Waals surface area contributed by atoms with Gasteiger partial charge in [-0.25, -0.2) is 0 Å². The van der Waals surface area contributed by atoms with E-state index in [1.807, 2.05) is 0 Å². The van der Waals surface area contributed by atoms with Crippen molar-refractivity contribution in [2.24, 2.45) is 0 Å². The van der Waals surface area contributed by atoms with Crippen LogP contribution in [0.2, 0.25) is 0 Å². The van der Waals surface area contributed by atoms with Gasteiger partial charge in [0.2, 0.25) is 0 Å². The van der Waals surface area contributed by atoms with Gasteiger partial charge >= 0.3 is 0 Å². The van der Waals surface area contributed by atoms with E-state index in [9.17, 15) is 0 Å². The first kappa shape index (κ1) is 11.0. The van der Waals surface area contributed by atoms with E-state index in [2.05, 4.69) is 58.5 Å². The molecule has 1 rings (SSSR count). The van der Waals surface area contributed by atoms with Crippen molar-refractivity contribution in [3.63, 3.8) is 0 Å². The lowest BCUT2D eigenvalue weighted by atomic mass is 9.79. The standard InChI is InChI=1S/C14H20/c1-6-12-7-9-13(10-8-12)14(4,5)11(2)3/h7-10H,2,6H2,1,3-5H3. The first-order valence-electron chi connectivity index (χ1n) is 5.24. The maximum Gasteiger partial charge on any atom is 0.00996 e. The Morgan fingerprint density at radius 1 is 1.21 bits per heavy atom. The molecule has 0 unspecified atom stereocenters. The van der Waals surface area contributed by atoms with Crippen LogP contribution >= 0.6 is 0 Å². The van der Waals surface area contributed by atoms with Gasteiger partial charge in [-0.15, -0.1) is 0 Å². The second-order valence-corrected chi connectivity index (χ2v) is 4.46. The number of hydrogen-bond donors (Lipinski definition) is 0. The molecule has 0 bridgehead atoms. The van der Waals surface area contributed by atoms with Crippen LogP contribution in [0.4, 0.5) is 0 Å². The highest BCUT2D eigenvalue weighted by atomic mass is 14.2. The molecule has 0 radical (unpaired) electrons. The summed E-state index contributed by atoms with van der Waals surface area (Å²) in [5.74, 6) is 0. The van der Waals surface area contributed by atoms with Crippen LogP contribution in [0.5, 0.6) is 0 Å². The lowest BCUT2D eigenvalue weighted by Gasteiger charge is -2.26. The van der Waals surface area contributed by atoms with Crippen LogP contribution in [0.1, 0.15) is 38.8 Å². The Labute approximate surface area is 87.7 Å². The molecule has 0 N–H and O–H groups in total. The van der Waals surface area contributed by atoms with Gasteiger partial charge in [0.1, 0.15) is 0 Å². The fourth-order valence-electron chi connectivity index (χ4n) is 1.40. The number of rotatable bonds is 3. The summed E-state index contributed by atoms with van der Waals surface area (Å²) in [6, 6.07) is 8.85. The summed E-state index contributed by atoms with van der Waals surface area (Å²) >= 11 is 0. The molecule has 0 saturated carbocycles. The Morgan fingerprint density at radius 2 is 1.71 bits per heavy atom. The number of allylic oxidation sites excluding steroid dienone is 1. The largest absolute Gasteiger partial charge is 0.0993 e. The summed E-state index contributed by atoms with van der Waals surface area (Å²) in [6.45, 7) is 12.8. The van der Waals surface area contributed by atoms with Gasteiger partial charge in [0.15, 0.2) is 0 Å². The molecule has 0 aliphatic heterocycles. The molecule has 0 atom stereocenters. The predicted octanol–water partition coefficient (Wildman–Crippen LogP) is 4.10. The maximum absolute atomic E-state index is 4.05. The molecule has 0 aliphatic carbocycles. The van der Waals surface area contributed by atoms with Crippen molar-refractivity contribution in [3.05, 3.63) is 47.5 Å². The van der Waals surface area contributed by atoms with Crippen LogP contribution < -0.4 is 0 Å². The maximum atomic E-state index is 4.05. The van der Waals surface area contributed by atoms with Crippen molar-refractivity contribution in [2.45, 2.75) is 39.5 Å². The van der Waals surface area contributed by atoms with E-state index >= 15 is 0 Å². The van der Waals surface area contributed by atoms with Gasteiger partial charge in [-0.3, -0.25) is 0 Å². The van der Waals surface area contributed by atoms with E-state index in [-0.39, 0.29) is 5.41 Å². The quantitative estimate of drug-likeness (QED) is 0.626. The van der Waals surface area contributed by atoms with E-state index in [1.54, 1.807) is 0 Å². The Balaban J connectivity index is 3.02. The van der Waals surface area contributed by atoms with Crippen molar-refractivity contribution >= 4 is 0 Å². The smallest absolute Gasteiger partial charge is 0.00996 e. The van der Waals surface area contributed by atoms with Crippen LogP contribution in [0.25, 0.3) is 0 Å². The van der Waals surface area contributed by atoms with Crippen molar-refractivity contribution in [2.75, 3.05) is 0 Å². The van der Waals surface area contributed by atoms with Crippen molar-refractivity contribution in [1.82, 2.24) is 0 Å². The number of hydrogen-bond acceptors (Lipinski definition) is 0. The van der Waals surface area contributed by atoms with Gasteiger partial charge in [0.05, 0.1) is 0 Å². The third-order valence-electron chi connectivity index (χ3n) is 3.15. The van der Waals surface area contributed by atoms with Gasteiger partial charge in [-0.1, -0.05) is 57.2 Å². The highest BCUT2D eigenvalue weighted by molar-refractivity contribution is 5.34. The topological polar surface area (TPSA) is 0 Å². The molecule has 1 aromatic rings. The zero-order chi connectivity index (χ0) is 10.8. The third kappa shape index (κ3) is 2.06. The highest BCUT2D eigenvalue weighted by Gasteiger charge is 2.20. The van der Waals surface area contributed by atoms with Crippen LogP contribution in [0, 0.1) is 0 Å². The molecule has 0 fully saturated rings. The Kier molecular flexibility index (Phi) is 3.15. The molecule has 14 heavy (non-hydrogen) atoms. The lowest BCUT2D eigenvalue weighted by molar-refractivity contribution is 0.626. The zero-order valence-corrected chi connectivity index (χ0v) is 9.72. The van der Waals surface area contributed by atoms with E-state index in [1.165, 1.54) is 16.7 Å². The Morgan fingerprint density at radius 3 is 2.07 bits per heavy atom. The molecular weight excluding hydrogens is 168 g/mol. The summed E-state index contributed by atoms with van der Waals surface area (Å²) in [5.41, 5.74) is 4.04. The first-order valence-corrected chi connectivity index (χ1v) is 5.24. The minimum Gasteiger partial charge on any atom is -0.0993 e. The summed E-state index contributed by atoms with van der Waals surface area (Å²) < 4.78 is 0. The average molecular weight is 188 g/mol. The fourth-order valence-corrected chi connectivity index (χ4v) is 1.40. The van der Waals surface area contributed by atoms with Crippen LogP contribution in [0.3, 0.4) is 0 Å². The first-order chi connectivity index (χ1) is 6.48. The van der Waals surface area contributed by atoms with Crippen molar-refractivity contribution < 1.29 is 0 Å². The predicted molar refractivity (Wildman–Crippen MR) is 63.7 cm³/mol. The number of benzene rings is 1. The monoisotopic (exact) mass is 188 g/mol. The summed E-state index contributed by atoms with van der Waals surface area (Å²) in [5, 5.41) is 0. The van der Waals surface area contributed by atoms with E-state index in [0.29, 0.717) is 0 Å². The molecule has 0 amide bonds. The molecule has 0 saturated heterocycles. The molecule has 0 spiro atoms. The molecule has 1 aromatic carbocycles. The summed E-state index contributed by atoms with van der Waals surface area (Å²) in [4.78, 5) is 0. The molecule has 0 nitrogen and oxygen atoms in total. The van der Waals surface area contributed by atoms with Crippen LogP contribution in [-0.4, -0.2) is 0 Å². The highest BCUT2D eigenvalue weighted by Crippen LogP contribution is 2.29. The van der Waals surface area contributed by atoms with Crippen molar-refractivity contribution in [1.29, 1.82) is 0 Å². The summed E-state index contributed by atoms with van der Waals surface area (Å²) in [7, 11) is 0. The third-order valence-corrected chi connectivity index (χ3v) is 3.15. The van der Waals surface area contributed by atoms with Gasteiger partial charge in [0, 0.05) is 5.41 Å². The van der Waals surface area contributed by atoms with Gasteiger partial charge in [-0.05, 0) is 24.5 Å².